The van der Waals surface area contributed by atoms with Gasteiger partial charge < -0.3 is 10.1 Å². The van der Waals surface area contributed by atoms with Crippen molar-refractivity contribution in [2.24, 2.45) is 5.92 Å². The van der Waals surface area contributed by atoms with Crippen molar-refractivity contribution in [2.45, 2.75) is 50.5 Å². The Hall–Kier alpha value is -1.44. The van der Waals surface area contributed by atoms with Gasteiger partial charge in [0.15, 0.2) is 0 Å². The Balaban J connectivity index is 1.81. The molecule has 1 aromatic carbocycles. The molecule has 2 aliphatic rings. The molecule has 7 heteroatoms. The smallest absolute Gasteiger partial charge is 0.251 e. The first kappa shape index (κ1) is 19.3. The van der Waals surface area contributed by atoms with E-state index in [9.17, 15) is 13.2 Å². The molecule has 3 rings (SSSR count). The minimum atomic E-state index is -3.61. The number of amides is 1. The van der Waals surface area contributed by atoms with Crippen molar-refractivity contribution in [2.75, 3.05) is 26.3 Å². The van der Waals surface area contributed by atoms with Crippen LogP contribution in [0.1, 0.15) is 48.5 Å². The van der Waals surface area contributed by atoms with Crippen LogP contribution in [0, 0.1) is 12.8 Å². The Labute approximate surface area is 156 Å². The van der Waals surface area contributed by atoms with E-state index in [1.165, 1.54) is 16.8 Å². The molecule has 1 aromatic rings. The number of morpholine rings is 1. The molecule has 1 N–H and O–H groups in total. The van der Waals surface area contributed by atoms with Gasteiger partial charge in [0, 0.05) is 24.7 Å². The van der Waals surface area contributed by atoms with Gasteiger partial charge in [-0.3, -0.25) is 4.79 Å². The number of nitrogens with one attached hydrogen (secondary N) is 1. The Morgan fingerprint density at radius 3 is 2.58 bits per heavy atom. The number of rotatable bonds is 4. The molecule has 1 heterocycles. The number of benzene rings is 1. The second kappa shape index (κ2) is 8.06. The predicted octanol–water partition coefficient (Wildman–Crippen LogP) is 2.32. The largest absolute Gasteiger partial charge is 0.379 e. The van der Waals surface area contributed by atoms with Crippen LogP contribution >= 0.6 is 0 Å². The molecule has 2 fully saturated rings. The zero-order valence-corrected chi connectivity index (χ0v) is 16.3. The second-order valence-corrected chi connectivity index (χ2v) is 9.27. The maximum absolute atomic E-state index is 12.9. The van der Waals surface area contributed by atoms with Crippen molar-refractivity contribution in [3.05, 3.63) is 29.3 Å². The summed E-state index contributed by atoms with van der Waals surface area (Å²) in [7, 11) is -3.61. The van der Waals surface area contributed by atoms with Crippen LogP contribution in [-0.4, -0.2) is 51.0 Å². The lowest BCUT2D eigenvalue weighted by Gasteiger charge is -2.30. The number of aryl methyl sites for hydroxylation is 1. The standard InChI is InChI=1S/C19H28N2O4S/c1-14-7-8-16(26(23,24)21-9-11-25-12-10-21)13-17(14)19(22)20-18-6-4-3-5-15(18)2/h7-8,13,15,18H,3-6,9-12H2,1-2H3,(H,20,22). The van der Waals surface area contributed by atoms with E-state index in [2.05, 4.69) is 12.2 Å². The maximum atomic E-state index is 12.9. The van der Waals surface area contributed by atoms with E-state index in [-0.39, 0.29) is 16.8 Å². The number of hydrogen-bond donors (Lipinski definition) is 1. The molecule has 0 bridgehead atoms. The molecule has 6 nitrogen and oxygen atoms in total. The summed E-state index contributed by atoms with van der Waals surface area (Å²) in [6, 6.07) is 4.98. The molecule has 0 aromatic heterocycles. The van der Waals surface area contributed by atoms with Crippen LogP contribution in [0.5, 0.6) is 0 Å². The highest BCUT2D eigenvalue weighted by atomic mass is 32.2. The summed E-state index contributed by atoms with van der Waals surface area (Å²) in [5.41, 5.74) is 1.23. The lowest BCUT2D eigenvalue weighted by atomic mass is 9.86. The highest BCUT2D eigenvalue weighted by Crippen LogP contribution is 2.25. The molecule has 26 heavy (non-hydrogen) atoms. The molecule has 1 saturated heterocycles. The van der Waals surface area contributed by atoms with Gasteiger partial charge in [-0.2, -0.15) is 4.31 Å². The highest BCUT2D eigenvalue weighted by molar-refractivity contribution is 7.89. The molecule has 1 aliphatic carbocycles. The number of carbonyl (C=O) groups is 1. The van der Waals surface area contributed by atoms with Crippen molar-refractivity contribution in [1.29, 1.82) is 0 Å². The van der Waals surface area contributed by atoms with Gasteiger partial charge in [0.05, 0.1) is 18.1 Å². The lowest BCUT2D eigenvalue weighted by molar-refractivity contribution is 0.0730. The molecular weight excluding hydrogens is 352 g/mol. The minimum absolute atomic E-state index is 0.162. The first-order valence-electron chi connectivity index (χ1n) is 9.39. The molecule has 2 unspecified atom stereocenters. The van der Waals surface area contributed by atoms with Crippen molar-refractivity contribution in [1.82, 2.24) is 9.62 Å². The third-order valence-corrected chi connectivity index (χ3v) is 7.38. The van der Waals surface area contributed by atoms with Gasteiger partial charge in [-0.1, -0.05) is 25.8 Å². The summed E-state index contributed by atoms with van der Waals surface area (Å²) in [6.07, 6.45) is 4.44. The minimum Gasteiger partial charge on any atom is -0.379 e. The molecule has 1 aliphatic heterocycles. The van der Waals surface area contributed by atoms with Crippen LogP contribution in [0.3, 0.4) is 0 Å². The fourth-order valence-corrected chi connectivity index (χ4v) is 5.15. The van der Waals surface area contributed by atoms with Crippen molar-refractivity contribution < 1.29 is 17.9 Å². The lowest BCUT2D eigenvalue weighted by Crippen LogP contribution is -2.42. The van der Waals surface area contributed by atoms with Crippen LogP contribution in [-0.2, 0) is 14.8 Å². The predicted molar refractivity (Wildman–Crippen MR) is 99.6 cm³/mol. The summed E-state index contributed by atoms with van der Waals surface area (Å²) in [5.74, 6) is 0.272. The van der Waals surface area contributed by atoms with Crippen LogP contribution in [0.4, 0.5) is 0 Å². The zero-order chi connectivity index (χ0) is 18.7. The SMILES string of the molecule is Cc1ccc(S(=O)(=O)N2CCOCC2)cc1C(=O)NC1CCCCC1C. The average Bonchev–Trinajstić information content (AvgIpc) is 2.64. The summed E-state index contributed by atoms with van der Waals surface area (Å²) >= 11 is 0. The van der Waals surface area contributed by atoms with E-state index in [0.717, 1.165) is 24.8 Å². The normalized spacial score (nSPS) is 25.0. The molecule has 0 radical (unpaired) electrons. The molecule has 144 valence electrons. The van der Waals surface area contributed by atoms with E-state index in [0.29, 0.717) is 37.8 Å². The first-order chi connectivity index (χ1) is 12.4. The summed E-state index contributed by atoms with van der Waals surface area (Å²) in [5, 5.41) is 3.12. The van der Waals surface area contributed by atoms with Gasteiger partial charge in [-0.05, 0) is 43.4 Å². The second-order valence-electron chi connectivity index (χ2n) is 7.33. The van der Waals surface area contributed by atoms with Gasteiger partial charge in [0.25, 0.3) is 5.91 Å². The van der Waals surface area contributed by atoms with Crippen LogP contribution in [0.15, 0.2) is 23.1 Å². The Bertz CT molecular complexity index is 757. The van der Waals surface area contributed by atoms with Gasteiger partial charge in [0.1, 0.15) is 0 Å². The van der Waals surface area contributed by atoms with Crippen LogP contribution in [0.25, 0.3) is 0 Å². The molecular formula is C19H28N2O4S. The number of sulfonamides is 1. The third kappa shape index (κ3) is 4.10. The van der Waals surface area contributed by atoms with Crippen molar-refractivity contribution in [3.8, 4) is 0 Å². The van der Waals surface area contributed by atoms with E-state index in [1.54, 1.807) is 12.1 Å². The Kier molecular flexibility index (Phi) is 5.99. The average molecular weight is 381 g/mol. The van der Waals surface area contributed by atoms with Crippen molar-refractivity contribution in [3.63, 3.8) is 0 Å². The summed E-state index contributed by atoms with van der Waals surface area (Å²) in [6.45, 7) is 5.49. The number of hydrogen-bond acceptors (Lipinski definition) is 4. The van der Waals surface area contributed by atoms with E-state index >= 15 is 0 Å². The molecule has 1 amide bonds. The topological polar surface area (TPSA) is 75.7 Å². The van der Waals surface area contributed by atoms with E-state index in [4.69, 9.17) is 4.74 Å². The third-order valence-electron chi connectivity index (χ3n) is 5.49. The van der Waals surface area contributed by atoms with Crippen LogP contribution < -0.4 is 5.32 Å². The fraction of sp³-hybridized carbons (Fsp3) is 0.632. The van der Waals surface area contributed by atoms with Gasteiger partial charge in [-0.15, -0.1) is 0 Å². The van der Waals surface area contributed by atoms with Gasteiger partial charge in [-0.25, -0.2) is 8.42 Å². The summed E-state index contributed by atoms with van der Waals surface area (Å²) < 4.78 is 32.4. The Morgan fingerprint density at radius 2 is 1.88 bits per heavy atom. The molecule has 2 atom stereocenters. The number of carbonyl (C=O) groups excluding carboxylic acids is 1. The quantitative estimate of drug-likeness (QED) is 0.870. The van der Waals surface area contributed by atoms with Gasteiger partial charge in [0.2, 0.25) is 10.0 Å². The molecule has 0 spiro atoms. The zero-order valence-electron chi connectivity index (χ0n) is 15.5. The monoisotopic (exact) mass is 380 g/mol. The van der Waals surface area contributed by atoms with E-state index < -0.39 is 10.0 Å². The maximum Gasteiger partial charge on any atom is 0.251 e. The fourth-order valence-electron chi connectivity index (χ4n) is 3.72. The molecule has 1 saturated carbocycles. The number of ether oxygens (including phenoxy) is 1. The van der Waals surface area contributed by atoms with Crippen molar-refractivity contribution >= 4 is 15.9 Å². The van der Waals surface area contributed by atoms with Crippen LogP contribution in [0.2, 0.25) is 0 Å². The van der Waals surface area contributed by atoms with E-state index in [1.807, 2.05) is 6.92 Å². The Morgan fingerprint density at radius 1 is 1.19 bits per heavy atom. The first-order valence-corrected chi connectivity index (χ1v) is 10.8. The highest BCUT2D eigenvalue weighted by Gasteiger charge is 2.28. The number of nitrogens with zero attached hydrogens (tertiary/aromatic N) is 1. The van der Waals surface area contributed by atoms with Gasteiger partial charge >= 0.3 is 0 Å². The summed E-state index contributed by atoms with van der Waals surface area (Å²) in [4.78, 5) is 13.0.